The summed E-state index contributed by atoms with van der Waals surface area (Å²) in [7, 11) is 0. The standard InChI is InChI=1S/C12H13BrClF/c1-12(2)8(6-14)11(12)7-3-4-9(13)10(15)5-7/h3-5,8,11H,6H2,1-2H3. The molecule has 0 nitrogen and oxygen atoms in total. The first-order valence-corrected chi connectivity index (χ1v) is 6.32. The van der Waals surface area contributed by atoms with Crippen molar-refractivity contribution in [1.29, 1.82) is 0 Å². The molecule has 2 atom stereocenters. The topological polar surface area (TPSA) is 0 Å². The van der Waals surface area contributed by atoms with Crippen molar-refractivity contribution < 1.29 is 4.39 Å². The quantitative estimate of drug-likeness (QED) is 0.700. The molecule has 1 saturated carbocycles. The van der Waals surface area contributed by atoms with Gasteiger partial charge in [-0.15, -0.1) is 11.6 Å². The van der Waals surface area contributed by atoms with Crippen molar-refractivity contribution in [2.75, 3.05) is 5.88 Å². The van der Waals surface area contributed by atoms with Crippen LogP contribution in [0.1, 0.15) is 25.3 Å². The zero-order chi connectivity index (χ0) is 11.2. The highest BCUT2D eigenvalue weighted by Gasteiger charge is 2.57. The van der Waals surface area contributed by atoms with Gasteiger partial charge in [-0.3, -0.25) is 0 Å². The molecule has 1 fully saturated rings. The molecule has 0 N–H and O–H groups in total. The van der Waals surface area contributed by atoms with Gasteiger partial charge in [0.1, 0.15) is 5.82 Å². The van der Waals surface area contributed by atoms with Crippen molar-refractivity contribution in [2.24, 2.45) is 11.3 Å². The van der Waals surface area contributed by atoms with E-state index >= 15 is 0 Å². The van der Waals surface area contributed by atoms with Crippen LogP contribution < -0.4 is 0 Å². The molecule has 0 radical (unpaired) electrons. The molecule has 15 heavy (non-hydrogen) atoms. The molecule has 82 valence electrons. The van der Waals surface area contributed by atoms with E-state index in [0.717, 1.165) is 5.56 Å². The van der Waals surface area contributed by atoms with Crippen LogP contribution in [0.25, 0.3) is 0 Å². The van der Waals surface area contributed by atoms with Crippen LogP contribution in [0.2, 0.25) is 0 Å². The van der Waals surface area contributed by atoms with Crippen molar-refractivity contribution in [1.82, 2.24) is 0 Å². The van der Waals surface area contributed by atoms with Gasteiger partial charge in [0.15, 0.2) is 0 Å². The predicted octanol–water partition coefficient (Wildman–Crippen LogP) is 4.57. The van der Waals surface area contributed by atoms with E-state index in [1.165, 1.54) is 0 Å². The van der Waals surface area contributed by atoms with Crippen LogP contribution in [-0.4, -0.2) is 5.88 Å². The molecule has 3 heteroatoms. The van der Waals surface area contributed by atoms with Crippen LogP contribution in [0.3, 0.4) is 0 Å². The first kappa shape index (κ1) is 11.4. The van der Waals surface area contributed by atoms with Gasteiger partial charge in [-0.2, -0.15) is 0 Å². The Hall–Kier alpha value is -0.0800. The SMILES string of the molecule is CC1(C)C(CCl)C1c1ccc(Br)c(F)c1. The molecule has 0 saturated heterocycles. The zero-order valence-corrected chi connectivity index (χ0v) is 11.1. The Kier molecular flexibility index (Phi) is 2.85. The molecule has 2 unspecified atom stereocenters. The first-order chi connectivity index (χ1) is 6.98. The van der Waals surface area contributed by atoms with Crippen LogP contribution in [0.4, 0.5) is 4.39 Å². The van der Waals surface area contributed by atoms with E-state index in [-0.39, 0.29) is 11.2 Å². The number of rotatable bonds is 2. The van der Waals surface area contributed by atoms with Crippen molar-refractivity contribution in [2.45, 2.75) is 19.8 Å². The fraction of sp³-hybridized carbons (Fsp3) is 0.500. The second-order valence-corrected chi connectivity index (χ2v) is 5.90. The largest absolute Gasteiger partial charge is 0.206 e. The predicted molar refractivity (Wildman–Crippen MR) is 64.8 cm³/mol. The summed E-state index contributed by atoms with van der Waals surface area (Å²) in [5.41, 5.74) is 1.27. The van der Waals surface area contributed by atoms with E-state index in [2.05, 4.69) is 29.8 Å². The Labute approximate surface area is 103 Å². The summed E-state index contributed by atoms with van der Waals surface area (Å²) in [4.78, 5) is 0. The molecule has 1 aromatic rings. The summed E-state index contributed by atoms with van der Waals surface area (Å²) >= 11 is 9.05. The first-order valence-electron chi connectivity index (χ1n) is 4.99. The molecule has 2 rings (SSSR count). The number of halogens is 3. The zero-order valence-electron chi connectivity index (χ0n) is 8.73. The maximum atomic E-state index is 13.4. The van der Waals surface area contributed by atoms with E-state index in [0.29, 0.717) is 22.2 Å². The Morgan fingerprint density at radius 2 is 2.13 bits per heavy atom. The maximum absolute atomic E-state index is 13.4. The second-order valence-electron chi connectivity index (χ2n) is 4.73. The molecular weight excluding hydrogens is 278 g/mol. The highest BCUT2D eigenvalue weighted by Crippen LogP contribution is 2.64. The lowest BCUT2D eigenvalue weighted by molar-refractivity contribution is 0.575. The Morgan fingerprint density at radius 1 is 1.47 bits per heavy atom. The summed E-state index contributed by atoms with van der Waals surface area (Å²) in [6.07, 6.45) is 0. The summed E-state index contributed by atoms with van der Waals surface area (Å²) < 4.78 is 13.9. The van der Waals surface area contributed by atoms with Crippen molar-refractivity contribution in [3.63, 3.8) is 0 Å². The van der Waals surface area contributed by atoms with E-state index in [1.807, 2.05) is 6.07 Å². The van der Waals surface area contributed by atoms with Gasteiger partial charge in [0, 0.05) is 5.88 Å². The Balaban J connectivity index is 2.29. The third kappa shape index (κ3) is 1.83. The number of benzene rings is 1. The minimum atomic E-state index is -0.191. The monoisotopic (exact) mass is 290 g/mol. The van der Waals surface area contributed by atoms with Gasteiger partial charge >= 0.3 is 0 Å². The van der Waals surface area contributed by atoms with Gasteiger partial charge in [-0.25, -0.2) is 4.39 Å². The van der Waals surface area contributed by atoms with Crippen LogP contribution in [0.15, 0.2) is 22.7 Å². The van der Waals surface area contributed by atoms with E-state index in [9.17, 15) is 4.39 Å². The van der Waals surface area contributed by atoms with Crippen LogP contribution >= 0.6 is 27.5 Å². The van der Waals surface area contributed by atoms with Gasteiger partial charge in [-0.1, -0.05) is 19.9 Å². The fourth-order valence-corrected chi connectivity index (χ4v) is 3.22. The fourth-order valence-electron chi connectivity index (χ4n) is 2.40. The molecule has 1 aliphatic carbocycles. The van der Waals surface area contributed by atoms with Gasteiger partial charge in [0.2, 0.25) is 0 Å². The van der Waals surface area contributed by atoms with E-state index in [4.69, 9.17) is 11.6 Å². The highest BCUT2D eigenvalue weighted by molar-refractivity contribution is 9.10. The Bertz CT molecular complexity index is 389. The minimum absolute atomic E-state index is 0.191. The summed E-state index contributed by atoms with van der Waals surface area (Å²) in [6.45, 7) is 4.37. The lowest BCUT2D eigenvalue weighted by Gasteiger charge is -2.04. The summed E-state index contributed by atoms with van der Waals surface area (Å²) in [5.74, 6) is 1.33. The molecule has 0 spiro atoms. The average Bonchev–Trinajstić information content (AvgIpc) is 2.73. The van der Waals surface area contributed by atoms with E-state index in [1.54, 1.807) is 12.1 Å². The second kappa shape index (κ2) is 3.74. The molecule has 0 aliphatic heterocycles. The van der Waals surface area contributed by atoms with Gasteiger partial charge in [-0.05, 0) is 50.9 Å². The molecule has 0 aromatic heterocycles. The molecule has 0 heterocycles. The van der Waals surface area contributed by atoms with Crippen LogP contribution in [0.5, 0.6) is 0 Å². The Morgan fingerprint density at radius 3 is 2.60 bits per heavy atom. The lowest BCUT2D eigenvalue weighted by atomic mass is 10.0. The highest BCUT2D eigenvalue weighted by atomic mass is 79.9. The lowest BCUT2D eigenvalue weighted by Crippen LogP contribution is -1.91. The number of alkyl halides is 1. The van der Waals surface area contributed by atoms with Gasteiger partial charge in [0.05, 0.1) is 4.47 Å². The maximum Gasteiger partial charge on any atom is 0.137 e. The van der Waals surface area contributed by atoms with Crippen molar-refractivity contribution in [3.8, 4) is 0 Å². The summed E-state index contributed by atoms with van der Waals surface area (Å²) in [6, 6.07) is 5.36. The molecule has 0 bridgehead atoms. The van der Waals surface area contributed by atoms with Gasteiger partial charge < -0.3 is 0 Å². The smallest absolute Gasteiger partial charge is 0.137 e. The average molecular weight is 292 g/mol. The third-order valence-corrected chi connectivity index (χ3v) is 4.50. The normalized spacial score (nSPS) is 27.8. The number of hydrogen-bond donors (Lipinski definition) is 0. The minimum Gasteiger partial charge on any atom is -0.206 e. The summed E-state index contributed by atoms with van der Waals surface area (Å²) in [5, 5.41) is 0. The molecular formula is C12H13BrClF. The molecule has 1 aliphatic rings. The number of hydrogen-bond acceptors (Lipinski definition) is 0. The van der Waals surface area contributed by atoms with Crippen LogP contribution in [0, 0.1) is 17.2 Å². The molecule has 0 amide bonds. The van der Waals surface area contributed by atoms with Crippen molar-refractivity contribution >= 4 is 27.5 Å². The third-order valence-electron chi connectivity index (χ3n) is 3.52. The van der Waals surface area contributed by atoms with Gasteiger partial charge in [0.25, 0.3) is 0 Å². The van der Waals surface area contributed by atoms with E-state index < -0.39 is 0 Å². The van der Waals surface area contributed by atoms with Crippen LogP contribution in [-0.2, 0) is 0 Å². The van der Waals surface area contributed by atoms with Crippen molar-refractivity contribution in [3.05, 3.63) is 34.1 Å². The molecule has 1 aromatic carbocycles.